The van der Waals surface area contributed by atoms with Gasteiger partial charge >= 0.3 is 6.18 Å². The number of benzene rings is 2. The van der Waals surface area contributed by atoms with Crippen LogP contribution in [0.2, 0.25) is 5.02 Å². The summed E-state index contributed by atoms with van der Waals surface area (Å²) in [4.78, 5) is 17.9. The quantitative estimate of drug-likeness (QED) is 0.298. The van der Waals surface area contributed by atoms with Gasteiger partial charge in [0.1, 0.15) is 17.7 Å². The van der Waals surface area contributed by atoms with Crippen molar-refractivity contribution in [2.24, 2.45) is 15.8 Å². The highest BCUT2D eigenvalue weighted by atomic mass is 35.5. The molecule has 0 amide bonds. The van der Waals surface area contributed by atoms with Gasteiger partial charge in [-0.1, -0.05) is 49.7 Å². The van der Waals surface area contributed by atoms with Crippen molar-refractivity contribution >= 4 is 33.2 Å². The fourth-order valence-electron chi connectivity index (χ4n) is 6.44. The van der Waals surface area contributed by atoms with Crippen LogP contribution in [0.15, 0.2) is 58.4 Å². The number of ketones is 1. The third kappa shape index (κ3) is 5.15. The Labute approximate surface area is 248 Å². The highest BCUT2D eigenvalue weighted by Gasteiger charge is 2.75. The van der Waals surface area contributed by atoms with Gasteiger partial charge in [-0.15, -0.1) is 0 Å². The highest BCUT2D eigenvalue weighted by molar-refractivity contribution is 7.89. The number of halogens is 5. The number of sulfonamides is 1. The van der Waals surface area contributed by atoms with Crippen LogP contribution in [-0.4, -0.2) is 47.6 Å². The fraction of sp³-hybridized carbons (Fsp3) is 0.533. The molecule has 2 aromatic rings. The van der Waals surface area contributed by atoms with Crippen molar-refractivity contribution in [2.45, 2.75) is 94.5 Å². The van der Waals surface area contributed by atoms with Crippen LogP contribution < -0.4 is 5.32 Å². The molecule has 2 aromatic carbocycles. The van der Waals surface area contributed by atoms with E-state index < -0.39 is 50.0 Å². The van der Waals surface area contributed by atoms with Crippen LogP contribution in [0.1, 0.15) is 65.4 Å². The van der Waals surface area contributed by atoms with E-state index in [1.807, 2.05) is 0 Å². The zero-order valence-corrected chi connectivity index (χ0v) is 25.4. The number of amidine groups is 1. The molecule has 0 unspecified atom stereocenters. The Balaban J connectivity index is 1.37. The molecule has 42 heavy (non-hydrogen) atoms. The number of carbonyl (C=O) groups excluding carboxylic acids is 1. The molecule has 12 heteroatoms. The van der Waals surface area contributed by atoms with Crippen LogP contribution in [0.4, 0.5) is 17.6 Å². The van der Waals surface area contributed by atoms with Crippen LogP contribution in [0, 0.1) is 16.6 Å². The largest absolute Gasteiger partial charge is 0.393 e. The van der Waals surface area contributed by atoms with Gasteiger partial charge in [-0.05, 0) is 69.4 Å². The lowest BCUT2D eigenvalue weighted by molar-refractivity contribution is -0.213. The van der Waals surface area contributed by atoms with Gasteiger partial charge in [0.2, 0.25) is 10.0 Å². The molecule has 0 radical (unpaired) electrons. The van der Waals surface area contributed by atoms with Crippen LogP contribution in [0.3, 0.4) is 0 Å². The van der Waals surface area contributed by atoms with Crippen LogP contribution in [0.25, 0.3) is 0 Å². The zero-order valence-electron chi connectivity index (χ0n) is 23.9. The molecule has 2 bridgehead atoms. The molecule has 6 rings (SSSR count). The van der Waals surface area contributed by atoms with Crippen molar-refractivity contribution < 1.29 is 30.8 Å². The summed E-state index contributed by atoms with van der Waals surface area (Å²) < 4.78 is 83.5. The molecule has 3 saturated carbocycles. The molecular weight excluding hydrogens is 594 g/mol. The number of alkyl halides is 3. The SMILES string of the molecule is CC1(C)NC(C23CC(N(Cc4ccc(Cl)c(F)c4)S(=O)(=O)c4ccccc4)(C2)C3)=N[C@H]1C(=O)CCC(C)(C)C(F)(F)F. The van der Waals surface area contributed by atoms with Gasteiger partial charge in [0.05, 0.1) is 20.9 Å². The lowest BCUT2D eigenvalue weighted by atomic mass is 9.38. The minimum Gasteiger partial charge on any atom is -0.366 e. The van der Waals surface area contributed by atoms with E-state index in [0.29, 0.717) is 30.7 Å². The van der Waals surface area contributed by atoms with Crippen LogP contribution >= 0.6 is 11.6 Å². The van der Waals surface area contributed by atoms with Gasteiger partial charge in [0, 0.05) is 23.9 Å². The molecule has 3 fully saturated rings. The minimum absolute atomic E-state index is 0.0527. The Bertz CT molecular complexity index is 1520. The Kier molecular flexibility index (Phi) is 7.38. The van der Waals surface area contributed by atoms with Crippen LogP contribution in [-0.2, 0) is 21.4 Å². The third-order valence-electron chi connectivity index (χ3n) is 9.13. The summed E-state index contributed by atoms with van der Waals surface area (Å²) in [6, 6.07) is 11.4. The van der Waals surface area contributed by atoms with Gasteiger partial charge in [0.25, 0.3) is 0 Å². The number of aliphatic imine (C=N–C) groups is 1. The molecule has 1 aliphatic heterocycles. The maximum atomic E-state index is 14.3. The van der Waals surface area contributed by atoms with Crippen molar-refractivity contribution in [3.05, 3.63) is 64.9 Å². The van der Waals surface area contributed by atoms with Crippen molar-refractivity contribution in [3.8, 4) is 0 Å². The Morgan fingerprint density at radius 3 is 2.29 bits per heavy atom. The van der Waals surface area contributed by atoms with E-state index in [4.69, 9.17) is 16.6 Å². The Morgan fingerprint density at radius 2 is 1.71 bits per heavy atom. The van der Waals surface area contributed by atoms with Gasteiger partial charge in [-0.25, -0.2) is 12.8 Å². The number of nitrogens with one attached hydrogen (secondary N) is 1. The minimum atomic E-state index is -4.42. The summed E-state index contributed by atoms with van der Waals surface area (Å²) in [6.45, 7) is 5.71. The number of hydrogen-bond donors (Lipinski definition) is 1. The Morgan fingerprint density at radius 1 is 1.10 bits per heavy atom. The molecule has 6 nitrogen and oxygen atoms in total. The van der Waals surface area contributed by atoms with Crippen molar-refractivity contribution in [3.63, 3.8) is 0 Å². The van der Waals surface area contributed by atoms with E-state index in [0.717, 1.165) is 13.8 Å². The summed E-state index contributed by atoms with van der Waals surface area (Å²) >= 11 is 5.85. The van der Waals surface area contributed by atoms with E-state index in [1.54, 1.807) is 38.1 Å². The van der Waals surface area contributed by atoms with Crippen molar-refractivity contribution in [1.29, 1.82) is 0 Å². The normalized spacial score (nSPS) is 26.7. The van der Waals surface area contributed by atoms with Crippen molar-refractivity contribution in [2.75, 3.05) is 0 Å². The van der Waals surface area contributed by atoms with Gasteiger partial charge < -0.3 is 5.32 Å². The Hall–Kier alpha value is -2.50. The average molecular weight is 628 g/mol. The zero-order chi connectivity index (χ0) is 30.9. The lowest BCUT2D eigenvalue weighted by Crippen LogP contribution is -2.78. The molecule has 4 aliphatic rings. The van der Waals surface area contributed by atoms with E-state index in [1.165, 1.54) is 28.6 Å². The second-order valence-corrected chi connectivity index (χ2v) is 15.5. The van der Waals surface area contributed by atoms with E-state index in [2.05, 4.69) is 5.32 Å². The first-order valence-corrected chi connectivity index (χ1v) is 15.6. The second kappa shape index (κ2) is 10.0. The third-order valence-corrected chi connectivity index (χ3v) is 11.4. The molecule has 1 atom stereocenters. The first-order valence-electron chi connectivity index (χ1n) is 13.8. The number of rotatable bonds is 10. The number of hydrogen-bond acceptors (Lipinski definition) is 5. The summed E-state index contributed by atoms with van der Waals surface area (Å²) in [5.41, 5.74) is -3.52. The highest BCUT2D eigenvalue weighted by Crippen LogP contribution is 2.71. The number of carbonyl (C=O) groups is 1. The molecule has 0 spiro atoms. The second-order valence-electron chi connectivity index (χ2n) is 13.2. The van der Waals surface area contributed by atoms with Gasteiger partial charge in [0.15, 0.2) is 5.78 Å². The first kappa shape index (κ1) is 30.9. The summed E-state index contributed by atoms with van der Waals surface area (Å²) in [5, 5.41) is 3.28. The maximum Gasteiger partial charge on any atom is 0.393 e. The van der Waals surface area contributed by atoms with E-state index in [-0.39, 0.29) is 35.1 Å². The first-order chi connectivity index (χ1) is 19.3. The predicted molar refractivity (Wildman–Crippen MR) is 152 cm³/mol. The van der Waals surface area contributed by atoms with E-state index >= 15 is 0 Å². The standard InChI is InChI=1S/C30H34ClF4N3O3S/c1-26(2,30(33,34)35)13-12-23(39)24-27(3,4)37-25(36-24)28-16-29(17-28,18-28)38(15-19-10-11-21(31)22(32)14-19)42(40,41)20-8-6-5-7-9-20/h5-11,14,24H,12-13,15-18H2,1-4H3,(H,36,37)/t24-,28?,29?/m0/s1. The molecule has 0 saturated heterocycles. The van der Waals surface area contributed by atoms with Gasteiger partial charge in [-0.3, -0.25) is 9.79 Å². The molecule has 0 aromatic heterocycles. The fourth-order valence-corrected chi connectivity index (χ4v) is 8.33. The summed E-state index contributed by atoms with van der Waals surface area (Å²) in [5.74, 6) is -0.405. The molecule has 228 valence electrons. The molecule has 1 N–H and O–H groups in total. The van der Waals surface area contributed by atoms with E-state index in [9.17, 15) is 30.8 Å². The average Bonchev–Trinajstić information content (AvgIpc) is 3.17. The van der Waals surface area contributed by atoms with Gasteiger partial charge in [-0.2, -0.15) is 17.5 Å². The molecular formula is C30H34ClF4N3O3S. The molecule has 1 heterocycles. The smallest absolute Gasteiger partial charge is 0.366 e. The predicted octanol–water partition coefficient (Wildman–Crippen LogP) is 6.68. The van der Waals surface area contributed by atoms with Crippen LogP contribution in [0.5, 0.6) is 0 Å². The summed E-state index contributed by atoms with van der Waals surface area (Å²) in [7, 11) is -3.96. The maximum absolute atomic E-state index is 14.3. The molecule has 3 aliphatic carbocycles. The van der Waals surface area contributed by atoms with Crippen molar-refractivity contribution in [1.82, 2.24) is 9.62 Å². The monoisotopic (exact) mass is 627 g/mol. The lowest BCUT2D eigenvalue weighted by Gasteiger charge is -2.73. The summed E-state index contributed by atoms with van der Waals surface area (Å²) in [6.07, 6.45) is -3.66. The topological polar surface area (TPSA) is 78.8 Å². The number of Topliss-reactive ketones (excluding diaryl/α,β-unsaturated/α-hetero) is 1. The number of nitrogens with zero attached hydrogens (tertiary/aromatic N) is 2.